The van der Waals surface area contributed by atoms with Crippen molar-refractivity contribution in [2.24, 2.45) is 5.92 Å². The SMILES string of the molecule is C=C(C)CC(=O)CCC1CCCC1. The maximum absolute atomic E-state index is 11.3. The Kier molecular flexibility index (Phi) is 4.20. The molecule has 0 aromatic heterocycles. The number of carbonyl (C=O) groups excluding carboxylic acids is 1. The predicted molar refractivity (Wildman–Crippen MR) is 55.6 cm³/mol. The lowest BCUT2D eigenvalue weighted by Crippen LogP contribution is -2.02. The van der Waals surface area contributed by atoms with Gasteiger partial charge in [-0.1, -0.05) is 37.8 Å². The average molecular weight is 180 g/mol. The minimum absolute atomic E-state index is 0.374. The smallest absolute Gasteiger partial charge is 0.136 e. The summed E-state index contributed by atoms with van der Waals surface area (Å²) in [6.07, 6.45) is 7.93. The molecular formula is C12H20O. The van der Waals surface area contributed by atoms with Crippen LogP contribution in [-0.2, 0) is 4.79 Å². The molecule has 0 N–H and O–H groups in total. The first kappa shape index (κ1) is 10.5. The Balaban J connectivity index is 2.10. The van der Waals surface area contributed by atoms with Crippen molar-refractivity contribution in [2.75, 3.05) is 0 Å². The van der Waals surface area contributed by atoms with Gasteiger partial charge in [0.2, 0.25) is 0 Å². The van der Waals surface area contributed by atoms with E-state index < -0.39 is 0 Å². The van der Waals surface area contributed by atoms with Crippen LogP contribution in [0.15, 0.2) is 12.2 Å². The van der Waals surface area contributed by atoms with Gasteiger partial charge in [0.15, 0.2) is 0 Å². The first-order valence-electron chi connectivity index (χ1n) is 5.34. The van der Waals surface area contributed by atoms with Crippen LogP contribution in [0.25, 0.3) is 0 Å². The van der Waals surface area contributed by atoms with Crippen molar-refractivity contribution in [3.05, 3.63) is 12.2 Å². The fourth-order valence-electron chi connectivity index (χ4n) is 2.09. The molecule has 1 aliphatic carbocycles. The monoisotopic (exact) mass is 180 g/mol. The summed E-state index contributed by atoms with van der Waals surface area (Å²) in [5, 5.41) is 0. The summed E-state index contributed by atoms with van der Waals surface area (Å²) >= 11 is 0. The van der Waals surface area contributed by atoms with E-state index in [-0.39, 0.29) is 0 Å². The average Bonchev–Trinajstić information content (AvgIpc) is 2.51. The Hall–Kier alpha value is -0.590. The summed E-state index contributed by atoms with van der Waals surface area (Å²) in [6, 6.07) is 0. The third-order valence-corrected chi connectivity index (χ3v) is 2.81. The number of rotatable bonds is 5. The number of Topliss-reactive ketones (excluding diaryl/α,β-unsaturated/α-hetero) is 1. The summed E-state index contributed by atoms with van der Waals surface area (Å²) in [7, 11) is 0. The van der Waals surface area contributed by atoms with E-state index in [1.54, 1.807) is 0 Å². The Morgan fingerprint density at radius 2 is 2.00 bits per heavy atom. The predicted octanol–water partition coefficient (Wildman–Crippen LogP) is 3.49. The van der Waals surface area contributed by atoms with E-state index in [4.69, 9.17) is 0 Å². The van der Waals surface area contributed by atoms with Crippen molar-refractivity contribution in [2.45, 2.75) is 51.9 Å². The first-order valence-corrected chi connectivity index (χ1v) is 5.34. The van der Waals surface area contributed by atoms with E-state index >= 15 is 0 Å². The number of carbonyl (C=O) groups is 1. The molecule has 13 heavy (non-hydrogen) atoms. The normalized spacial score (nSPS) is 17.6. The second-order valence-electron chi connectivity index (χ2n) is 4.36. The standard InChI is InChI=1S/C12H20O/c1-10(2)9-12(13)8-7-11-5-3-4-6-11/h11H,1,3-9H2,2H3. The zero-order valence-corrected chi connectivity index (χ0v) is 8.64. The highest BCUT2D eigenvalue weighted by molar-refractivity contribution is 5.80. The quantitative estimate of drug-likeness (QED) is 0.592. The first-order chi connectivity index (χ1) is 6.18. The number of allylic oxidation sites excluding steroid dienone is 1. The van der Waals surface area contributed by atoms with E-state index in [9.17, 15) is 4.79 Å². The fourth-order valence-corrected chi connectivity index (χ4v) is 2.09. The van der Waals surface area contributed by atoms with Crippen LogP contribution in [0.5, 0.6) is 0 Å². The van der Waals surface area contributed by atoms with Gasteiger partial charge in [0.25, 0.3) is 0 Å². The van der Waals surface area contributed by atoms with Gasteiger partial charge in [-0.15, -0.1) is 0 Å². The molecule has 0 aromatic carbocycles. The molecule has 0 spiro atoms. The molecule has 0 saturated heterocycles. The molecule has 0 heterocycles. The van der Waals surface area contributed by atoms with Crippen molar-refractivity contribution < 1.29 is 4.79 Å². The maximum atomic E-state index is 11.3. The lowest BCUT2D eigenvalue weighted by atomic mass is 9.98. The molecule has 0 aliphatic heterocycles. The van der Waals surface area contributed by atoms with Crippen molar-refractivity contribution in [3.63, 3.8) is 0 Å². The van der Waals surface area contributed by atoms with Gasteiger partial charge in [0, 0.05) is 12.8 Å². The van der Waals surface area contributed by atoms with Crippen LogP contribution in [0.1, 0.15) is 51.9 Å². The van der Waals surface area contributed by atoms with E-state index in [2.05, 4.69) is 6.58 Å². The third-order valence-electron chi connectivity index (χ3n) is 2.81. The Labute approximate surface area is 81.2 Å². The van der Waals surface area contributed by atoms with Crippen molar-refractivity contribution >= 4 is 5.78 Å². The Morgan fingerprint density at radius 3 is 2.54 bits per heavy atom. The van der Waals surface area contributed by atoms with Crippen molar-refractivity contribution in [1.82, 2.24) is 0 Å². The van der Waals surface area contributed by atoms with Crippen LogP contribution in [0.4, 0.5) is 0 Å². The highest BCUT2D eigenvalue weighted by Gasteiger charge is 2.15. The van der Waals surface area contributed by atoms with Crippen LogP contribution >= 0.6 is 0 Å². The summed E-state index contributed by atoms with van der Waals surface area (Å²) in [5.41, 5.74) is 0.997. The van der Waals surface area contributed by atoms with Gasteiger partial charge >= 0.3 is 0 Å². The third kappa shape index (κ3) is 4.25. The largest absolute Gasteiger partial charge is 0.299 e. The molecule has 0 aromatic rings. The molecule has 1 rings (SSSR count). The van der Waals surface area contributed by atoms with E-state index in [1.807, 2.05) is 6.92 Å². The number of hydrogen-bond acceptors (Lipinski definition) is 1. The topological polar surface area (TPSA) is 17.1 Å². The van der Waals surface area contributed by atoms with E-state index in [0.29, 0.717) is 12.2 Å². The van der Waals surface area contributed by atoms with E-state index in [0.717, 1.165) is 24.3 Å². The molecule has 1 saturated carbocycles. The number of ketones is 1. The van der Waals surface area contributed by atoms with Gasteiger partial charge in [0.05, 0.1) is 0 Å². The summed E-state index contributed by atoms with van der Waals surface area (Å²) < 4.78 is 0. The molecule has 74 valence electrons. The fraction of sp³-hybridized carbons (Fsp3) is 0.750. The van der Waals surface area contributed by atoms with Crippen LogP contribution in [0.3, 0.4) is 0 Å². The summed E-state index contributed by atoms with van der Waals surface area (Å²) in [4.78, 5) is 11.3. The molecule has 1 fully saturated rings. The molecule has 0 unspecified atom stereocenters. The van der Waals surface area contributed by atoms with Gasteiger partial charge in [0.1, 0.15) is 5.78 Å². The van der Waals surface area contributed by atoms with Gasteiger partial charge in [-0.2, -0.15) is 0 Å². The van der Waals surface area contributed by atoms with E-state index in [1.165, 1.54) is 25.7 Å². The van der Waals surface area contributed by atoms with Gasteiger partial charge in [-0.05, 0) is 19.3 Å². The molecular weight excluding hydrogens is 160 g/mol. The minimum Gasteiger partial charge on any atom is -0.299 e. The lowest BCUT2D eigenvalue weighted by molar-refractivity contribution is -0.118. The summed E-state index contributed by atoms with van der Waals surface area (Å²) in [5.74, 6) is 1.22. The van der Waals surface area contributed by atoms with Crippen molar-refractivity contribution in [1.29, 1.82) is 0 Å². The number of hydrogen-bond donors (Lipinski definition) is 0. The minimum atomic E-state index is 0.374. The van der Waals surface area contributed by atoms with Crippen molar-refractivity contribution in [3.8, 4) is 0 Å². The van der Waals surface area contributed by atoms with Crippen LogP contribution in [-0.4, -0.2) is 5.78 Å². The maximum Gasteiger partial charge on any atom is 0.136 e. The Morgan fingerprint density at radius 1 is 1.38 bits per heavy atom. The zero-order chi connectivity index (χ0) is 9.68. The molecule has 0 bridgehead atoms. The molecule has 0 amide bonds. The highest BCUT2D eigenvalue weighted by atomic mass is 16.1. The Bertz CT molecular complexity index is 187. The second-order valence-corrected chi connectivity index (χ2v) is 4.36. The van der Waals surface area contributed by atoms with Gasteiger partial charge in [-0.3, -0.25) is 4.79 Å². The van der Waals surface area contributed by atoms with Gasteiger partial charge in [-0.25, -0.2) is 0 Å². The zero-order valence-electron chi connectivity index (χ0n) is 8.64. The van der Waals surface area contributed by atoms with Crippen LogP contribution in [0.2, 0.25) is 0 Å². The highest BCUT2D eigenvalue weighted by Crippen LogP contribution is 2.28. The molecule has 1 heteroatoms. The van der Waals surface area contributed by atoms with Crippen LogP contribution < -0.4 is 0 Å². The molecule has 1 aliphatic rings. The molecule has 0 atom stereocenters. The molecule has 1 nitrogen and oxygen atoms in total. The lowest BCUT2D eigenvalue weighted by Gasteiger charge is -2.07. The van der Waals surface area contributed by atoms with Gasteiger partial charge < -0.3 is 0 Å². The van der Waals surface area contributed by atoms with Crippen LogP contribution in [0, 0.1) is 5.92 Å². The second kappa shape index (κ2) is 5.21. The molecule has 0 radical (unpaired) electrons. The summed E-state index contributed by atoms with van der Waals surface area (Å²) in [6.45, 7) is 5.68.